The molecule has 0 radical (unpaired) electrons. The Kier molecular flexibility index (Phi) is 4.49. The first kappa shape index (κ1) is 20.8. The highest BCUT2D eigenvalue weighted by Gasteiger charge is 2.36. The summed E-state index contributed by atoms with van der Waals surface area (Å²) in [4.78, 5) is 11.7. The van der Waals surface area contributed by atoms with E-state index in [1.165, 1.54) is 33.6 Å². The van der Waals surface area contributed by atoms with Crippen molar-refractivity contribution in [1.29, 1.82) is 0 Å². The number of nitrogens with zero attached hydrogens (tertiary/aromatic N) is 3. The second-order valence-corrected chi connectivity index (χ2v) is 9.94. The van der Waals surface area contributed by atoms with Gasteiger partial charge in [-0.05, 0) is 64.7 Å². The molecule has 3 heteroatoms. The minimum absolute atomic E-state index is 0.0608. The van der Waals surface area contributed by atoms with E-state index in [1.807, 2.05) is 24.5 Å². The Hall–Kier alpha value is -4.50. The highest BCUT2D eigenvalue weighted by atomic mass is 15.2. The lowest BCUT2D eigenvalue weighted by Crippen LogP contribution is -2.30. The highest BCUT2D eigenvalue weighted by molar-refractivity contribution is 6.10. The van der Waals surface area contributed by atoms with Crippen LogP contribution in [-0.4, -0.2) is 9.97 Å². The number of benzene rings is 4. The van der Waals surface area contributed by atoms with Gasteiger partial charge in [-0.1, -0.05) is 74.5 Å². The van der Waals surface area contributed by atoms with Crippen LogP contribution in [0.3, 0.4) is 0 Å². The minimum Gasteiger partial charge on any atom is -0.310 e. The molecule has 0 saturated heterocycles. The molecule has 0 amide bonds. The van der Waals surface area contributed by atoms with Gasteiger partial charge in [-0.25, -0.2) is 0 Å². The van der Waals surface area contributed by atoms with Crippen LogP contribution >= 0.6 is 0 Å². The molecule has 172 valence electrons. The van der Waals surface area contributed by atoms with Gasteiger partial charge >= 0.3 is 0 Å². The summed E-state index contributed by atoms with van der Waals surface area (Å²) in [5.41, 5.74) is 10.5. The van der Waals surface area contributed by atoms with Crippen LogP contribution in [0.5, 0.6) is 0 Å². The van der Waals surface area contributed by atoms with Crippen LogP contribution in [0.15, 0.2) is 116 Å². The Morgan fingerprint density at radius 3 is 1.92 bits per heavy atom. The van der Waals surface area contributed by atoms with Crippen molar-refractivity contribution in [1.82, 2.24) is 9.97 Å². The van der Waals surface area contributed by atoms with Crippen molar-refractivity contribution in [3.8, 4) is 11.1 Å². The quantitative estimate of drug-likeness (QED) is 0.241. The third-order valence-electron chi connectivity index (χ3n) is 7.53. The first-order chi connectivity index (χ1) is 17.6. The van der Waals surface area contributed by atoms with Crippen molar-refractivity contribution in [3.05, 3.63) is 127 Å². The summed E-state index contributed by atoms with van der Waals surface area (Å²) < 4.78 is 0. The van der Waals surface area contributed by atoms with Gasteiger partial charge in [0.2, 0.25) is 0 Å². The van der Waals surface area contributed by atoms with Crippen LogP contribution in [0.1, 0.15) is 25.0 Å². The maximum Gasteiger partial charge on any atom is 0.0970 e. The standard InChI is InChI=1S/C33H25N3/c1-33(2)27-11-3-5-13-29(27)36(30-14-6-4-12-28(30)33)24-17-15-22(16-18-24)26-21-23-9-7-19-34-31(23)32-25(26)10-8-20-35-32/h3-21H,1-2H3. The Morgan fingerprint density at radius 2 is 1.22 bits per heavy atom. The Bertz CT molecular complexity index is 1720. The van der Waals surface area contributed by atoms with Gasteiger partial charge in [0.05, 0.1) is 22.4 Å². The summed E-state index contributed by atoms with van der Waals surface area (Å²) in [5.74, 6) is 0. The van der Waals surface area contributed by atoms with Gasteiger partial charge in [-0.15, -0.1) is 0 Å². The molecule has 4 aromatic carbocycles. The van der Waals surface area contributed by atoms with Gasteiger partial charge < -0.3 is 4.90 Å². The summed E-state index contributed by atoms with van der Waals surface area (Å²) in [6.45, 7) is 4.64. The second-order valence-electron chi connectivity index (χ2n) is 9.94. The van der Waals surface area contributed by atoms with E-state index in [0.717, 1.165) is 27.5 Å². The van der Waals surface area contributed by atoms with Crippen molar-refractivity contribution in [2.24, 2.45) is 0 Å². The zero-order valence-corrected chi connectivity index (χ0v) is 20.3. The maximum atomic E-state index is 4.68. The first-order valence-corrected chi connectivity index (χ1v) is 12.3. The lowest BCUT2D eigenvalue weighted by atomic mass is 9.73. The van der Waals surface area contributed by atoms with Crippen LogP contribution in [0.2, 0.25) is 0 Å². The van der Waals surface area contributed by atoms with Crippen LogP contribution in [0.4, 0.5) is 17.1 Å². The molecule has 0 N–H and O–H groups in total. The zero-order chi connectivity index (χ0) is 24.3. The van der Waals surface area contributed by atoms with Crippen molar-refractivity contribution >= 4 is 38.9 Å². The molecule has 0 saturated carbocycles. The molecule has 0 fully saturated rings. The van der Waals surface area contributed by atoms with E-state index < -0.39 is 0 Å². The predicted molar refractivity (Wildman–Crippen MR) is 149 cm³/mol. The molecule has 1 aliphatic heterocycles. The molecular formula is C33H25N3. The summed E-state index contributed by atoms with van der Waals surface area (Å²) in [5, 5.41) is 2.22. The molecule has 3 heterocycles. The molecule has 2 aromatic heterocycles. The lowest BCUT2D eigenvalue weighted by molar-refractivity contribution is 0.632. The van der Waals surface area contributed by atoms with E-state index >= 15 is 0 Å². The van der Waals surface area contributed by atoms with Gasteiger partial charge in [0.15, 0.2) is 0 Å². The van der Waals surface area contributed by atoms with E-state index in [2.05, 4.69) is 120 Å². The highest BCUT2D eigenvalue weighted by Crippen LogP contribution is 2.51. The fourth-order valence-electron chi connectivity index (χ4n) is 5.75. The minimum atomic E-state index is -0.0608. The molecule has 0 atom stereocenters. The van der Waals surface area contributed by atoms with Crippen LogP contribution in [0.25, 0.3) is 32.9 Å². The van der Waals surface area contributed by atoms with E-state index in [4.69, 9.17) is 0 Å². The van der Waals surface area contributed by atoms with Gasteiger partial charge in [0, 0.05) is 34.3 Å². The zero-order valence-electron chi connectivity index (χ0n) is 20.3. The number of hydrogen-bond donors (Lipinski definition) is 0. The van der Waals surface area contributed by atoms with Crippen molar-refractivity contribution in [2.75, 3.05) is 4.90 Å². The number of aromatic nitrogens is 2. The topological polar surface area (TPSA) is 29.0 Å². The molecule has 36 heavy (non-hydrogen) atoms. The van der Waals surface area contributed by atoms with Crippen molar-refractivity contribution in [3.63, 3.8) is 0 Å². The Labute approximate surface area is 210 Å². The summed E-state index contributed by atoms with van der Waals surface area (Å²) >= 11 is 0. The molecule has 3 nitrogen and oxygen atoms in total. The molecule has 1 aliphatic rings. The van der Waals surface area contributed by atoms with Crippen LogP contribution in [0, 0.1) is 0 Å². The molecular weight excluding hydrogens is 438 g/mol. The average molecular weight is 464 g/mol. The Morgan fingerprint density at radius 1 is 0.611 bits per heavy atom. The molecule has 7 rings (SSSR count). The molecule has 0 aliphatic carbocycles. The normalized spacial score (nSPS) is 14.0. The van der Waals surface area contributed by atoms with Crippen LogP contribution < -0.4 is 4.90 Å². The van der Waals surface area contributed by atoms with Crippen LogP contribution in [-0.2, 0) is 5.41 Å². The monoisotopic (exact) mass is 463 g/mol. The number of pyridine rings is 2. The van der Waals surface area contributed by atoms with Gasteiger partial charge in [0.25, 0.3) is 0 Å². The fraction of sp³-hybridized carbons (Fsp3) is 0.0909. The molecule has 0 spiro atoms. The van der Waals surface area contributed by atoms with Crippen molar-refractivity contribution < 1.29 is 0 Å². The lowest BCUT2D eigenvalue weighted by Gasteiger charge is -2.42. The van der Waals surface area contributed by atoms with E-state index in [-0.39, 0.29) is 5.41 Å². The van der Waals surface area contributed by atoms with E-state index in [0.29, 0.717) is 0 Å². The largest absolute Gasteiger partial charge is 0.310 e. The van der Waals surface area contributed by atoms with E-state index in [9.17, 15) is 0 Å². The summed E-state index contributed by atoms with van der Waals surface area (Å²) in [6.07, 6.45) is 3.68. The van der Waals surface area contributed by atoms with E-state index in [1.54, 1.807) is 0 Å². The van der Waals surface area contributed by atoms with Gasteiger partial charge in [0.1, 0.15) is 0 Å². The molecule has 0 bridgehead atoms. The molecule has 6 aromatic rings. The number of para-hydroxylation sites is 2. The second kappa shape index (κ2) is 7.76. The summed E-state index contributed by atoms with van der Waals surface area (Å²) in [6, 6.07) is 36.9. The summed E-state index contributed by atoms with van der Waals surface area (Å²) in [7, 11) is 0. The number of hydrogen-bond acceptors (Lipinski definition) is 3. The van der Waals surface area contributed by atoms with Gasteiger partial charge in [-0.3, -0.25) is 9.97 Å². The molecule has 0 unspecified atom stereocenters. The number of rotatable bonds is 2. The third-order valence-corrected chi connectivity index (χ3v) is 7.53. The first-order valence-electron chi connectivity index (χ1n) is 12.3. The van der Waals surface area contributed by atoms with Crippen molar-refractivity contribution in [2.45, 2.75) is 19.3 Å². The smallest absolute Gasteiger partial charge is 0.0970 e. The predicted octanol–water partition coefficient (Wildman–Crippen LogP) is 8.56. The average Bonchev–Trinajstić information content (AvgIpc) is 2.93. The maximum absolute atomic E-state index is 4.68. The third kappa shape index (κ3) is 2.99. The SMILES string of the molecule is CC1(C)c2ccccc2N(c2ccc(-c3cc4cccnc4c4ncccc34)cc2)c2ccccc21. The Balaban J connectivity index is 1.40. The number of anilines is 3. The number of fused-ring (bicyclic) bond motifs is 5. The fourth-order valence-corrected chi connectivity index (χ4v) is 5.75. The van der Waals surface area contributed by atoms with Gasteiger partial charge in [-0.2, -0.15) is 0 Å².